The maximum Gasteiger partial charge on any atom is 0.306 e. The predicted octanol–water partition coefficient (Wildman–Crippen LogP) is 5.23. The second-order valence-corrected chi connectivity index (χ2v) is 11.0. The van der Waals surface area contributed by atoms with Gasteiger partial charge in [-0.05, 0) is 32.1 Å². The fourth-order valence-electron chi connectivity index (χ4n) is 4.39. The fraction of sp³-hybridized carbons (Fsp3) is 0.727. The summed E-state index contributed by atoms with van der Waals surface area (Å²) in [4.78, 5) is 54.2. The van der Waals surface area contributed by atoms with Crippen LogP contribution in [-0.4, -0.2) is 66.2 Å². The summed E-state index contributed by atoms with van der Waals surface area (Å²) in [6.07, 6.45) is 24.3. The van der Waals surface area contributed by atoms with Gasteiger partial charge in [0.15, 0.2) is 0 Å². The van der Waals surface area contributed by atoms with E-state index in [0.29, 0.717) is 19.3 Å². The average Bonchev–Trinajstić information content (AvgIpc) is 3.53. The number of ether oxygens (including phenoxy) is 3. The SMILES string of the molecule is CCCCCCCC/C=C\CCCCCCCC(=O)OCCCOC(=O)CCC(=O)OCCNC(=O)C(N)Cc1cnc[nH]1. The van der Waals surface area contributed by atoms with Crippen LogP contribution in [0.25, 0.3) is 0 Å². The topological polar surface area (TPSA) is 163 Å². The Morgan fingerprint density at radius 3 is 1.91 bits per heavy atom. The van der Waals surface area contributed by atoms with Crippen LogP contribution in [0, 0.1) is 0 Å². The molecule has 1 amide bonds. The maximum atomic E-state index is 12.0. The molecule has 250 valence electrons. The van der Waals surface area contributed by atoms with E-state index in [0.717, 1.165) is 31.4 Å². The highest BCUT2D eigenvalue weighted by atomic mass is 16.5. The summed E-state index contributed by atoms with van der Waals surface area (Å²) in [5, 5.41) is 2.59. The number of nitrogens with zero attached hydrogens (tertiary/aromatic N) is 1. The minimum atomic E-state index is -0.749. The van der Waals surface area contributed by atoms with E-state index >= 15 is 0 Å². The number of carbonyl (C=O) groups excluding carboxylic acids is 4. The fourth-order valence-corrected chi connectivity index (χ4v) is 4.39. The van der Waals surface area contributed by atoms with E-state index in [2.05, 4.69) is 34.4 Å². The van der Waals surface area contributed by atoms with Gasteiger partial charge in [0.25, 0.3) is 0 Å². The number of hydrogen-bond acceptors (Lipinski definition) is 9. The van der Waals surface area contributed by atoms with Gasteiger partial charge in [-0.3, -0.25) is 19.2 Å². The molecule has 0 saturated carbocycles. The van der Waals surface area contributed by atoms with E-state index in [4.69, 9.17) is 19.9 Å². The van der Waals surface area contributed by atoms with Gasteiger partial charge in [0.1, 0.15) is 6.61 Å². The summed E-state index contributed by atoms with van der Waals surface area (Å²) < 4.78 is 15.3. The Balaban J connectivity index is 1.87. The Bertz CT molecular complexity index is 921. The third kappa shape index (κ3) is 23.3. The van der Waals surface area contributed by atoms with E-state index in [9.17, 15) is 19.2 Å². The van der Waals surface area contributed by atoms with Crippen LogP contribution in [0.4, 0.5) is 0 Å². The summed E-state index contributed by atoms with van der Waals surface area (Å²) in [5.41, 5.74) is 6.57. The molecular formula is C33H56N4O7. The number of imidazole rings is 1. The van der Waals surface area contributed by atoms with Crippen LogP contribution in [0.1, 0.15) is 122 Å². The van der Waals surface area contributed by atoms with Crippen molar-refractivity contribution >= 4 is 23.8 Å². The number of rotatable bonds is 28. The Hall–Kier alpha value is -3.21. The molecule has 1 unspecified atom stereocenters. The lowest BCUT2D eigenvalue weighted by Gasteiger charge is -2.11. The summed E-state index contributed by atoms with van der Waals surface area (Å²) in [6.45, 7) is 2.63. The number of aromatic amines is 1. The molecule has 11 nitrogen and oxygen atoms in total. The minimum Gasteiger partial charge on any atom is -0.466 e. The molecule has 0 saturated heterocycles. The van der Waals surface area contributed by atoms with Gasteiger partial charge in [0.05, 0.1) is 45.0 Å². The van der Waals surface area contributed by atoms with Crippen molar-refractivity contribution in [3.8, 4) is 0 Å². The first-order valence-electron chi connectivity index (χ1n) is 16.5. The lowest BCUT2D eigenvalue weighted by Crippen LogP contribution is -2.43. The first-order valence-corrected chi connectivity index (χ1v) is 16.5. The van der Waals surface area contributed by atoms with Gasteiger partial charge in [-0.25, -0.2) is 4.98 Å². The highest BCUT2D eigenvalue weighted by molar-refractivity contribution is 5.81. The molecule has 0 aliphatic rings. The Morgan fingerprint density at radius 2 is 1.32 bits per heavy atom. The first-order chi connectivity index (χ1) is 21.4. The van der Waals surface area contributed by atoms with Gasteiger partial charge in [-0.2, -0.15) is 0 Å². The number of nitrogens with two attached hydrogens (primary N) is 1. The second-order valence-electron chi connectivity index (χ2n) is 11.0. The van der Waals surface area contributed by atoms with Gasteiger partial charge in [0.2, 0.25) is 5.91 Å². The van der Waals surface area contributed by atoms with Crippen molar-refractivity contribution in [3.05, 3.63) is 30.4 Å². The van der Waals surface area contributed by atoms with Crippen LogP contribution in [0.15, 0.2) is 24.7 Å². The largest absolute Gasteiger partial charge is 0.466 e. The van der Waals surface area contributed by atoms with Crippen molar-refractivity contribution in [2.45, 2.75) is 129 Å². The summed E-state index contributed by atoms with van der Waals surface area (Å²) >= 11 is 0. The number of amides is 1. The first kappa shape index (κ1) is 38.8. The van der Waals surface area contributed by atoms with Crippen LogP contribution < -0.4 is 11.1 Å². The van der Waals surface area contributed by atoms with Crippen molar-refractivity contribution in [3.63, 3.8) is 0 Å². The van der Waals surface area contributed by atoms with Gasteiger partial charge < -0.3 is 30.2 Å². The zero-order valence-corrected chi connectivity index (χ0v) is 26.8. The van der Waals surface area contributed by atoms with Crippen molar-refractivity contribution < 1.29 is 33.4 Å². The normalized spacial score (nSPS) is 11.8. The molecule has 0 aliphatic heterocycles. The lowest BCUT2D eigenvalue weighted by atomic mass is 10.1. The third-order valence-electron chi connectivity index (χ3n) is 6.99. The molecule has 1 aromatic heterocycles. The molecule has 1 aromatic rings. The quantitative estimate of drug-likeness (QED) is 0.0492. The summed E-state index contributed by atoms with van der Waals surface area (Å²) in [5.74, 6) is -1.69. The number of unbranched alkanes of at least 4 members (excludes halogenated alkanes) is 11. The van der Waals surface area contributed by atoms with E-state index in [1.54, 1.807) is 6.20 Å². The molecule has 1 heterocycles. The molecule has 4 N–H and O–H groups in total. The molecule has 0 fully saturated rings. The van der Waals surface area contributed by atoms with Gasteiger partial charge in [-0.15, -0.1) is 0 Å². The predicted molar refractivity (Wildman–Crippen MR) is 169 cm³/mol. The zero-order chi connectivity index (χ0) is 32.1. The number of aromatic nitrogens is 2. The second kappa shape index (κ2) is 27.3. The van der Waals surface area contributed by atoms with Crippen LogP contribution in [0.5, 0.6) is 0 Å². The smallest absolute Gasteiger partial charge is 0.306 e. The Labute approximate surface area is 263 Å². The van der Waals surface area contributed by atoms with Crippen LogP contribution in [0.2, 0.25) is 0 Å². The number of hydrogen-bond donors (Lipinski definition) is 3. The molecule has 1 rings (SSSR count). The van der Waals surface area contributed by atoms with Crippen LogP contribution in [0.3, 0.4) is 0 Å². The molecule has 0 spiro atoms. The number of nitrogens with one attached hydrogen (secondary N) is 2. The van der Waals surface area contributed by atoms with E-state index in [1.807, 2.05) is 0 Å². The highest BCUT2D eigenvalue weighted by Crippen LogP contribution is 2.10. The maximum absolute atomic E-state index is 12.0. The molecule has 0 bridgehead atoms. The number of allylic oxidation sites excluding steroid dienone is 2. The number of H-pyrrole nitrogens is 1. The van der Waals surface area contributed by atoms with E-state index in [-0.39, 0.29) is 51.1 Å². The van der Waals surface area contributed by atoms with Crippen molar-refractivity contribution in [1.29, 1.82) is 0 Å². The molecule has 1 atom stereocenters. The highest BCUT2D eigenvalue weighted by Gasteiger charge is 2.15. The van der Waals surface area contributed by atoms with Gasteiger partial charge >= 0.3 is 17.9 Å². The summed E-state index contributed by atoms with van der Waals surface area (Å²) in [7, 11) is 0. The monoisotopic (exact) mass is 620 g/mol. The average molecular weight is 621 g/mol. The molecular weight excluding hydrogens is 564 g/mol. The zero-order valence-electron chi connectivity index (χ0n) is 26.8. The molecule has 0 aromatic carbocycles. The Kier molecular flexibility index (Phi) is 24.1. The van der Waals surface area contributed by atoms with Crippen LogP contribution >= 0.6 is 0 Å². The van der Waals surface area contributed by atoms with Gasteiger partial charge in [0, 0.05) is 31.2 Å². The Morgan fingerprint density at radius 1 is 0.773 bits per heavy atom. The molecule has 44 heavy (non-hydrogen) atoms. The van der Waals surface area contributed by atoms with Crippen molar-refractivity contribution in [2.75, 3.05) is 26.4 Å². The molecule has 11 heteroatoms. The minimum absolute atomic E-state index is 0.0290. The molecule has 0 radical (unpaired) electrons. The third-order valence-corrected chi connectivity index (χ3v) is 6.99. The lowest BCUT2D eigenvalue weighted by molar-refractivity contribution is -0.151. The standard InChI is InChI=1S/C33H56N4O7/c1-2-3-4-5-6-7-8-9-10-11-12-13-14-15-16-18-30(38)42-22-17-23-43-31(39)19-20-32(40)44-24-21-36-33(41)29(34)25-28-26-35-27-37-28/h9-10,26-27,29H,2-8,11-25,34H2,1H3,(H,35,37)(H,36,41)/b10-9-. The van der Waals surface area contributed by atoms with Gasteiger partial charge in [-0.1, -0.05) is 70.4 Å². The van der Waals surface area contributed by atoms with Crippen molar-refractivity contribution in [2.24, 2.45) is 5.73 Å². The number of esters is 3. The molecule has 0 aliphatic carbocycles. The van der Waals surface area contributed by atoms with E-state index in [1.165, 1.54) is 64.1 Å². The van der Waals surface area contributed by atoms with Crippen LogP contribution in [-0.2, 0) is 39.8 Å². The summed E-state index contributed by atoms with van der Waals surface area (Å²) in [6, 6.07) is -0.749. The number of carbonyl (C=O) groups is 4. The van der Waals surface area contributed by atoms with Crippen molar-refractivity contribution in [1.82, 2.24) is 15.3 Å². The van der Waals surface area contributed by atoms with E-state index < -0.39 is 18.0 Å².